The van der Waals surface area contributed by atoms with Crippen molar-refractivity contribution in [2.24, 2.45) is 0 Å². The molecule has 0 saturated heterocycles. The summed E-state index contributed by atoms with van der Waals surface area (Å²) in [6.07, 6.45) is 1.63. The molecule has 0 amide bonds. The van der Waals surface area contributed by atoms with Crippen LogP contribution >= 0.6 is 0 Å². The molecule has 8 nitrogen and oxygen atoms in total. The SMILES string of the molecule is COc1ccc(-c2c3c(=O)n(CCO)ccc3nc3nc(C)nn23)cc1. The molecule has 0 aliphatic carbocycles. The average molecular weight is 351 g/mol. The first-order chi connectivity index (χ1) is 12.6. The second-order valence-electron chi connectivity index (χ2n) is 5.86. The Kier molecular flexibility index (Phi) is 3.89. The van der Waals surface area contributed by atoms with Gasteiger partial charge in [-0.3, -0.25) is 4.79 Å². The van der Waals surface area contributed by atoms with E-state index >= 15 is 0 Å². The third-order valence-electron chi connectivity index (χ3n) is 4.21. The van der Waals surface area contributed by atoms with Gasteiger partial charge in [-0.05, 0) is 37.3 Å². The van der Waals surface area contributed by atoms with E-state index in [1.807, 2.05) is 24.3 Å². The zero-order chi connectivity index (χ0) is 18.3. The number of aryl methyl sites for hydroxylation is 1. The molecular formula is C18H17N5O3. The minimum absolute atomic E-state index is 0.124. The Morgan fingerprint density at radius 2 is 1.92 bits per heavy atom. The molecule has 4 aromatic rings. The average Bonchev–Trinajstić information content (AvgIpc) is 3.02. The van der Waals surface area contributed by atoms with E-state index in [4.69, 9.17) is 4.74 Å². The smallest absolute Gasteiger partial charge is 0.262 e. The van der Waals surface area contributed by atoms with E-state index in [0.717, 1.165) is 11.3 Å². The van der Waals surface area contributed by atoms with Crippen molar-refractivity contribution in [1.82, 2.24) is 24.1 Å². The first-order valence-electron chi connectivity index (χ1n) is 8.14. The molecule has 0 bridgehead atoms. The van der Waals surface area contributed by atoms with Crippen molar-refractivity contribution in [3.05, 3.63) is 52.7 Å². The Morgan fingerprint density at radius 3 is 2.62 bits per heavy atom. The summed E-state index contributed by atoms with van der Waals surface area (Å²) >= 11 is 0. The summed E-state index contributed by atoms with van der Waals surface area (Å²) in [6, 6.07) is 9.14. The molecule has 0 unspecified atom stereocenters. The molecule has 132 valence electrons. The molecule has 0 aliphatic heterocycles. The van der Waals surface area contributed by atoms with Crippen molar-refractivity contribution < 1.29 is 9.84 Å². The van der Waals surface area contributed by atoms with Crippen LogP contribution in [-0.2, 0) is 6.54 Å². The molecule has 3 aromatic heterocycles. The van der Waals surface area contributed by atoms with Gasteiger partial charge in [0.15, 0.2) is 0 Å². The molecule has 0 saturated carbocycles. The molecular weight excluding hydrogens is 334 g/mol. The maximum atomic E-state index is 13.0. The van der Waals surface area contributed by atoms with Gasteiger partial charge in [-0.2, -0.15) is 9.50 Å². The number of aliphatic hydroxyl groups is 1. The lowest BCUT2D eigenvalue weighted by Crippen LogP contribution is -2.22. The van der Waals surface area contributed by atoms with Gasteiger partial charge in [-0.15, -0.1) is 5.10 Å². The van der Waals surface area contributed by atoms with E-state index in [1.165, 1.54) is 4.57 Å². The third-order valence-corrected chi connectivity index (χ3v) is 4.21. The zero-order valence-corrected chi connectivity index (χ0v) is 14.4. The number of methoxy groups -OCH3 is 1. The number of pyridine rings is 1. The molecule has 8 heteroatoms. The fourth-order valence-corrected chi connectivity index (χ4v) is 3.02. The predicted molar refractivity (Wildman–Crippen MR) is 96.4 cm³/mol. The summed E-state index contributed by atoms with van der Waals surface area (Å²) in [5, 5.41) is 14.1. The largest absolute Gasteiger partial charge is 0.497 e. The first kappa shape index (κ1) is 16.2. The monoisotopic (exact) mass is 351 g/mol. The van der Waals surface area contributed by atoms with Crippen molar-refractivity contribution in [2.75, 3.05) is 13.7 Å². The van der Waals surface area contributed by atoms with Crippen LogP contribution in [0, 0.1) is 6.92 Å². The van der Waals surface area contributed by atoms with Gasteiger partial charge in [0.05, 0.1) is 30.3 Å². The third kappa shape index (κ3) is 2.51. The predicted octanol–water partition coefficient (Wildman–Crippen LogP) is 1.42. The number of fused-ring (bicyclic) bond motifs is 2. The first-order valence-corrected chi connectivity index (χ1v) is 8.14. The molecule has 0 fully saturated rings. The lowest BCUT2D eigenvalue weighted by molar-refractivity contribution is 0.274. The van der Waals surface area contributed by atoms with E-state index in [2.05, 4.69) is 15.1 Å². The summed E-state index contributed by atoms with van der Waals surface area (Å²) < 4.78 is 8.27. The number of benzene rings is 1. The van der Waals surface area contributed by atoms with Crippen LogP contribution in [0.15, 0.2) is 41.3 Å². The van der Waals surface area contributed by atoms with E-state index in [0.29, 0.717) is 28.2 Å². The van der Waals surface area contributed by atoms with E-state index in [9.17, 15) is 9.90 Å². The maximum absolute atomic E-state index is 13.0. The minimum Gasteiger partial charge on any atom is -0.497 e. The Morgan fingerprint density at radius 1 is 1.15 bits per heavy atom. The lowest BCUT2D eigenvalue weighted by atomic mass is 10.1. The summed E-state index contributed by atoms with van der Waals surface area (Å²) in [5.41, 5.74) is 1.72. The number of rotatable bonds is 4. The summed E-state index contributed by atoms with van der Waals surface area (Å²) in [4.78, 5) is 21.8. The van der Waals surface area contributed by atoms with Gasteiger partial charge < -0.3 is 14.4 Å². The Balaban J connectivity index is 2.13. The number of aliphatic hydroxyl groups excluding tert-OH is 1. The molecule has 0 atom stereocenters. The van der Waals surface area contributed by atoms with Crippen LogP contribution in [-0.4, -0.2) is 43.0 Å². The van der Waals surface area contributed by atoms with Crippen molar-refractivity contribution in [2.45, 2.75) is 13.5 Å². The van der Waals surface area contributed by atoms with Crippen LogP contribution in [0.1, 0.15) is 5.82 Å². The van der Waals surface area contributed by atoms with Crippen molar-refractivity contribution in [3.63, 3.8) is 0 Å². The van der Waals surface area contributed by atoms with Gasteiger partial charge >= 0.3 is 0 Å². The molecule has 0 aliphatic rings. The maximum Gasteiger partial charge on any atom is 0.262 e. The Bertz CT molecular complexity index is 1160. The summed E-state index contributed by atoms with van der Waals surface area (Å²) in [7, 11) is 1.60. The second-order valence-corrected chi connectivity index (χ2v) is 5.86. The van der Waals surface area contributed by atoms with Crippen molar-refractivity contribution in [1.29, 1.82) is 0 Å². The Hall–Kier alpha value is -3.26. The molecule has 0 radical (unpaired) electrons. The lowest BCUT2D eigenvalue weighted by Gasteiger charge is -2.11. The molecule has 1 N–H and O–H groups in total. The molecule has 26 heavy (non-hydrogen) atoms. The number of hydrogen-bond donors (Lipinski definition) is 1. The fourth-order valence-electron chi connectivity index (χ4n) is 3.02. The second kappa shape index (κ2) is 6.23. The quantitative estimate of drug-likeness (QED) is 0.597. The van der Waals surface area contributed by atoms with Crippen molar-refractivity contribution in [3.8, 4) is 17.0 Å². The highest BCUT2D eigenvalue weighted by atomic mass is 16.5. The van der Waals surface area contributed by atoms with E-state index in [-0.39, 0.29) is 18.7 Å². The highest BCUT2D eigenvalue weighted by Gasteiger charge is 2.18. The Labute approximate surface area is 148 Å². The van der Waals surface area contributed by atoms with E-state index < -0.39 is 0 Å². The number of nitrogens with zero attached hydrogens (tertiary/aromatic N) is 5. The van der Waals surface area contributed by atoms with Gasteiger partial charge in [0.1, 0.15) is 11.6 Å². The topological polar surface area (TPSA) is 94.5 Å². The number of hydrogen-bond acceptors (Lipinski definition) is 6. The summed E-state index contributed by atoms with van der Waals surface area (Å²) in [5.74, 6) is 1.72. The minimum atomic E-state index is -0.232. The van der Waals surface area contributed by atoms with Crippen LogP contribution < -0.4 is 10.3 Å². The standard InChI is InChI=1S/C18H17N5O3/c1-11-19-18-20-14-7-8-22(9-10-24)17(25)15(14)16(23(18)21-11)12-3-5-13(26-2)6-4-12/h3-8,24H,9-10H2,1-2H3. The molecule has 3 heterocycles. The van der Waals surface area contributed by atoms with Crippen LogP contribution in [0.5, 0.6) is 5.75 Å². The number of ether oxygens (including phenoxy) is 1. The van der Waals surface area contributed by atoms with E-state index in [1.54, 1.807) is 30.8 Å². The normalized spacial score (nSPS) is 11.3. The van der Waals surface area contributed by atoms with Gasteiger partial charge in [0.25, 0.3) is 11.3 Å². The molecule has 1 aromatic carbocycles. The number of aromatic nitrogens is 5. The van der Waals surface area contributed by atoms with Gasteiger partial charge in [-0.25, -0.2) is 4.98 Å². The highest BCUT2D eigenvalue weighted by molar-refractivity contribution is 5.93. The van der Waals surface area contributed by atoms with Crippen molar-refractivity contribution >= 4 is 16.7 Å². The fraction of sp³-hybridized carbons (Fsp3) is 0.222. The zero-order valence-electron chi connectivity index (χ0n) is 14.4. The van der Waals surface area contributed by atoms with Gasteiger partial charge in [-0.1, -0.05) is 0 Å². The van der Waals surface area contributed by atoms with Crippen LogP contribution in [0.4, 0.5) is 0 Å². The summed E-state index contributed by atoms with van der Waals surface area (Å²) in [6.45, 7) is 1.87. The van der Waals surface area contributed by atoms with Crippen LogP contribution in [0.3, 0.4) is 0 Å². The molecule has 0 spiro atoms. The van der Waals surface area contributed by atoms with Gasteiger partial charge in [0, 0.05) is 18.3 Å². The van der Waals surface area contributed by atoms with Crippen LogP contribution in [0.25, 0.3) is 27.9 Å². The highest BCUT2D eigenvalue weighted by Crippen LogP contribution is 2.27. The van der Waals surface area contributed by atoms with Crippen LogP contribution in [0.2, 0.25) is 0 Å². The molecule has 4 rings (SSSR count). The van der Waals surface area contributed by atoms with Gasteiger partial charge in [0.2, 0.25) is 0 Å².